The summed E-state index contributed by atoms with van der Waals surface area (Å²) in [4.78, 5) is 20.7. The second kappa shape index (κ2) is 9.73. The molecule has 1 heterocycles. The lowest BCUT2D eigenvalue weighted by molar-refractivity contribution is -0.138. The van der Waals surface area contributed by atoms with Crippen LogP contribution in [0.15, 0.2) is 24.5 Å². The Bertz CT molecular complexity index is 791. The molecule has 0 amide bonds. The summed E-state index contributed by atoms with van der Waals surface area (Å²) in [6.45, 7) is 3.71. The second-order valence-electron chi connectivity index (χ2n) is 6.70. The van der Waals surface area contributed by atoms with Crippen molar-refractivity contribution < 1.29 is 22.4 Å². The Hall–Kier alpha value is -2.35. The van der Waals surface area contributed by atoms with E-state index in [9.17, 15) is 22.4 Å². The molecule has 1 aromatic heterocycles. The molecule has 0 N–H and O–H groups in total. The van der Waals surface area contributed by atoms with Crippen LogP contribution in [-0.2, 0) is 12.6 Å². The van der Waals surface area contributed by atoms with Crippen molar-refractivity contribution in [1.82, 2.24) is 14.9 Å². The molecule has 0 radical (unpaired) electrons. The Labute approximate surface area is 161 Å². The molecule has 1 aromatic carbocycles. The molecule has 28 heavy (non-hydrogen) atoms. The Balaban J connectivity index is 2.22. The molecule has 8 heteroatoms. The third-order valence-corrected chi connectivity index (χ3v) is 4.48. The predicted octanol–water partition coefficient (Wildman–Crippen LogP) is 4.78. The molecule has 2 rings (SSSR count). The van der Waals surface area contributed by atoms with Crippen LogP contribution in [0.5, 0.6) is 0 Å². The van der Waals surface area contributed by atoms with Gasteiger partial charge in [0.25, 0.3) is 0 Å². The van der Waals surface area contributed by atoms with Gasteiger partial charge in [-0.1, -0.05) is 19.8 Å². The zero-order valence-corrected chi connectivity index (χ0v) is 15.9. The van der Waals surface area contributed by atoms with Crippen molar-refractivity contribution in [1.29, 1.82) is 0 Å². The summed E-state index contributed by atoms with van der Waals surface area (Å²) in [5, 5.41) is 0. The van der Waals surface area contributed by atoms with Gasteiger partial charge in [0.1, 0.15) is 12.1 Å². The van der Waals surface area contributed by atoms with Gasteiger partial charge in [0.2, 0.25) is 0 Å². The van der Waals surface area contributed by atoms with Crippen LogP contribution in [0.2, 0.25) is 0 Å². The summed E-state index contributed by atoms with van der Waals surface area (Å²) in [6.07, 6.45) is 1.09. The molecule has 0 saturated heterocycles. The maximum atomic E-state index is 14.4. The SMILES string of the molecule is CCCCCN(C)CCc1cc(-c2ncc(C(F)(F)F)cn2)c(F)cc1C=O. The number of halogens is 4. The van der Waals surface area contributed by atoms with Crippen molar-refractivity contribution in [2.24, 2.45) is 0 Å². The molecular formula is C20H23F4N3O. The van der Waals surface area contributed by atoms with Crippen molar-refractivity contribution in [3.63, 3.8) is 0 Å². The van der Waals surface area contributed by atoms with E-state index < -0.39 is 17.6 Å². The number of rotatable bonds is 9. The molecule has 0 aliphatic carbocycles. The lowest BCUT2D eigenvalue weighted by atomic mass is 10.0. The number of nitrogens with zero attached hydrogens (tertiary/aromatic N) is 3. The van der Waals surface area contributed by atoms with Gasteiger partial charge in [-0.15, -0.1) is 0 Å². The minimum Gasteiger partial charge on any atom is -0.306 e. The van der Waals surface area contributed by atoms with Crippen LogP contribution in [0, 0.1) is 5.82 Å². The van der Waals surface area contributed by atoms with Crippen LogP contribution < -0.4 is 0 Å². The van der Waals surface area contributed by atoms with Crippen LogP contribution in [0.3, 0.4) is 0 Å². The van der Waals surface area contributed by atoms with Gasteiger partial charge in [0.05, 0.1) is 11.1 Å². The number of hydrogen-bond acceptors (Lipinski definition) is 4. The van der Waals surface area contributed by atoms with Crippen molar-refractivity contribution in [2.75, 3.05) is 20.1 Å². The summed E-state index contributed by atoms with van der Waals surface area (Å²) < 4.78 is 52.3. The molecule has 0 aliphatic heterocycles. The van der Waals surface area contributed by atoms with Gasteiger partial charge in [0.15, 0.2) is 5.82 Å². The number of aldehydes is 1. The molecule has 0 spiro atoms. The summed E-state index contributed by atoms with van der Waals surface area (Å²) in [5.74, 6) is -0.901. The third kappa shape index (κ3) is 5.82. The lowest BCUT2D eigenvalue weighted by Crippen LogP contribution is -2.22. The first-order chi connectivity index (χ1) is 13.3. The van der Waals surface area contributed by atoms with Crippen molar-refractivity contribution in [3.8, 4) is 11.4 Å². The maximum Gasteiger partial charge on any atom is 0.419 e. The van der Waals surface area contributed by atoms with Crippen LogP contribution in [0.1, 0.15) is 47.7 Å². The summed E-state index contributed by atoms with van der Waals surface area (Å²) in [7, 11) is 1.97. The zero-order valence-electron chi connectivity index (χ0n) is 15.9. The summed E-state index contributed by atoms with van der Waals surface area (Å²) in [5.41, 5.74) is -0.203. The molecule has 152 valence electrons. The Morgan fingerprint density at radius 1 is 1.11 bits per heavy atom. The van der Waals surface area contributed by atoms with Crippen molar-refractivity contribution >= 4 is 6.29 Å². The molecule has 0 atom stereocenters. The van der Waals surface area contributed by atoms with Gasteiger partial charge in [-0.2, -0.15) is 13.2 Å². The highest BCUT2D eigenvalue weighted by Crippen LogP contribution is 2.29. The van der Waals surface area contributed by atoms with Gasteiger partial charge >= 0.3 is 6.18 Å². The number of unbranched alkanes of at least 4 members (excludes halogenated alkanes) is 2. The molecule has 0 fully saturated rings. The average Bonchev–Trinajstić information content (AvgIpc) is 2.66. The maximum absolute atomic E-state index is 14.4. The number of alkyl halides is 3. The van der Waals surface area contributed by atoms with Crippen molar-refractivity contribution in [3.05, 3.63) is 47.0 Å². The lowest BCUT2D eigenvalue weighted by Gasteiger charge is -2.17. The molecule has 4 nitrogen and oxygen atoms in total. The minimum absolute atomic E-state index is 0.0250. The van der Waals surface area contributed by atoms with E-state index in [0.717, 1.165) is 31.9 Å². The highest BCUT2D eigenvalue weighted by Gasteiger charge is 2.31. The average molecular weight is 397 g/mol. The fourth-order valence-electron chi connectivity index (χ4n) is 2.80. The second-order valence-corrected chi connectivity index (χ2v) is 6.70. The highest BCUT2D eigenvalue weighted by molar-refractivity contribution is 5.79. The van der Waals surface area contributed by atoms with Gasteiger partial charge in [-0.25, -0.2) is 14.4 Å². The van der Waals surface area contributed by atoms with E-state index in [1.165, 1.54) is 6.07 Å². The first-order valence-corrected chi connectivity index (χ1v) is 9.12. The topological polar surface area (TPSA) is 46.1 Å². The highest BCUT2D eigenvalue weighted by atomic mass is 19.4. The molecule has 0 saturated carbocycles. The number of benzene rings is 1. The van der Waals surface area contributed by atoms with E-state index >= 15 is 0 Å². The van der Waals surface area contributed by atoms with E-state index in [1.54, 1.807) is 0 Å². The summed E-state index contributed by atoms with van der Waals surface area (Å²) in [6, 6.07) is 2.53. The largest absolute Gasteiger partial charge is 0.419 e. The molecular weight excluding hydrogens is 374 g/mol. The number of hydrogen-bond donors (Lipinski definition) is 0. The minimum atomic E-state index is -4.56. The zero-order chi connectivity index (χ0) is 20.7. The van der Waals surface area contributed by atoms with Crippen LogP contribution in [-0.4, -0.2) is 41.3 Å². The monoisotopic (exact) mass is 397 g/mol. The molecule has 0 aliphatic rings. The van der Waals surface area contributed by atoms with Gasteiger partial charge < -0.3 is 4.90 Å². The quantitative estimate of drug-likeness (QED) is 0.347. The Morgan fingerprint density at radius 2 is 1.79 bits per heavy atom. The van der Waals surface area contributed by atoms with E-state index in [2.05, 4.69) is 21.8 Å². The molecule has 0 unspecified atom stereocenters. The summed E-state index contributed by atoms with van der Waals surface area (Å²) >= 11 is 0. The number of likely N-dealkylation sites (N-methyl/N-ethyl adjacent to an activating group) is 1. The fourth-order valence-corrected chi connectivity index (χ4v) is 2.80. The number of aromatic nitrogens is 2. The van der Waals surface area contributed by atoms with Gasteiger partial charge in [0, 0.05) is 24.5 Å². The third-order valence-electron chi connectivity index (χ3n) is 4.48. The van der Waals surface area contributed by atoms with E-state index in [4.69, 9.17) is 0 Å². The Kier molecular flexibility index (Phi) is 7.62. The fraction of sp³-hybridized carbons (Fsp3) is 0.450. The first kappa shape index (κ1) is 21.9. The molecule has 0 bridgehead atoms. The van der Waals surface area contributed by atoms with Crippen LogP contribution >= 0.6 is 0 Å². The van der Waals surface area contributed by atoms with Gasteiger partial charge in [-0.3, -0.25) is 4.79 Å². The van der Waals surface area contributed by atoms with E-state index in [1.807, 2.05) is 7.05 Å². The standard InChI is InChI=1S/C20H23F4N3O/c1-3-4-5-7-27(2)8-6-14-9-17(18(21)10-15(14)13-28)19-25-11-16(12-26-19)20(22,23)24/h9-13H,3-8H2,1-2H3. The van der Waals surface area contributed by atoms with Crippen LogP contribution in [0.4, 0.5) is 17.6 Å². The smallest absolute Gasteiger partial charge is 0.306 e. The normalized spacial score (nSPS) is 11.8. The van der Waals surface area contributed by atoms with Crippen LogP contribution in [0.25, 0.3) is 11.4 Å². The van der Waals surface area contributed by atoms with Gasteiger partial charge in [-0.05, 0) is 44.1 Å². The predicted molar refractivity (Wildman–Crippen MR) is 98.5 cm³/mol. The van der Waals surface area contributed by atoms with E-state index in [0.29, 0.717) is 37.2 Å². The first-order valence-electron chi connectivity index (χ1n) is 9.12. The molecule has 2 aromatic rings. The van der Waals surface area contributed by atoms with E-state index in [-0.39, 0.29) is 17.0 Å². The number of carbonyl (C=O) groups excluding carboxylic acids is 1. The van der Waals surface area contributed by atoms with Crippen molar-refractivity contribution in [2.45, 2.75) is 38.8 Å². The number of carbonyl (C=O) groups is 1. The Morgan fingerprint density at radius 3 is 2.36 bits per heavy atom.